The highest BCUT2D eigenvalue weighted by molar-refractivity contribution is 5.79. The Morgan fingerprint density at radius 2 is 2.19 bits per heavy atom. The van der Waals surface area contributed by atoms with E-state index in [9.17, 15) is 0 Å². The molecule has 3 rings (SSSR count). The maximum absolute atomic E-state index is 5.73. The zero-order valence-electron chi connectivity index (χ0n) is 11.9. The molecule has 0 aliphatic carbocycles. The van der Waals surface area contributed by atoms with Gasteiger partial charge in [0.1, 0.15) is 12.2 Å². The second-order valence-electron chi connectivity index (χ2n) is 4.87. The Morgan fingerprint density at radius 1 is 1.29 bits per heavy atom. The molecular weight excluding hydrogens is 264 g/mol. The van der Waals surface area contributed by atoms with Gasteiger partial charge in [-0.3, -0.25) is 20.9 Å². The molecule has 0 saturated carbocycles. The number of aromatic nitrogens is 4. The van der Waals surface area contributed by atoms with Gasteiger partial charge in [0.2, 0.25) is 0 Å². The number of nitrogens with two attached hydrogens (primary N) is 1. The number of rotatable bonds is 5. The monoisotopic (exact) mass is 282 g/mol. The molecule has 21 heavy (non-hydrogen) atoms. The SMILES string of the molecule is CCn1ncnc1CC(NN)c1ccc2ncccc2c1. The van der Waals surface area contributed by atoms with Crippen LogP contribution in [0.5, 0.6) is 0 Å². The van der Waals surface area contributed by atoms with Gasteiger partial charge in [0, 0.05) is 24.5 Å². The lowest BCUT2D eigenvalue weighted by molar-refractivity contribution is 0.510. The van der Waals surface area contributed by atoms with E-state index in [1.807, 2.05) is 35.9 Å². The van der Waals surface area contributed by atoms with Crippen LogP contribution in [0, 0.1) is 0 Å². The molecule has 0 fully saturated rings. The van der Waals surface area contributed by atoms with Gasteiger partial charge in [0.15, 0.2) is 0 Å². The molecule has 108 valence electrons. The molecule has 2 heterocycles. The molecule has 1 unspecified atom stereocenters. The summed E-state index contributed by atoms with van der Waals surface area (Å²) in [6.45, 7) is 2.85. The van der Waals surface area contributed by atoms with Gasteiger partial charge in [-0.1, -0.05) is 12.1 Å². The van der Waals surface area contributed by atoms with Crippen LogP contribution in [0.1, 0.15) is 24.4 Å². The molecular formula is C15H18N6. The van der Waals surface area contributed by atoms with Crippen molar-refractivity contribution < 1.29 is 0 Å². The minimum Gasteiger partial charge on any atom is -0.271 e. The van der Waals surface area contributed by atoms with Crippen LogP contribution >= 0.6 is 0 Å². The average Bonchev–Trinajstić information content (AvgIpc) is 2.99. The predicted octanol–water partition coefficient (Wildman–Crippen LogP) is 1.59. The highest BCUT2D eigenvalue weighted by Gasteiger charge is 2.14. The lowest BCUT2D eigenvalue weighted by Gasteiger charge is -2.16. The van der Waals surface area contributed by atoms with Crippen LogP contribution in [0.25, 0.3) is 10.9 Å². The topological polar surface area (TPSA) is 81.7 Å². The molecule has 0 saturated heterocycles. The molecule has 0 aliphatic heterocycles. The van der Waals surface area contributed by atoms with Gasteiger partial charge < -0.3 is 0 Å². The van der Waals surface area contributed by atoms with Gasteiger partial charge in [-0.05, 0) is 30.7 Å². The zero-order chi connectivity index (χ0) is 14.7. The number of pyridine rings is 1. The summed E-state index contributed by atoms with van der Waals surface area (Å²) >= 11 is 0. The average molecular weight is 282 g/mol. The third-order valence-electron chi connectivity index (χ3n) is 3.61. The van der Waals surface area contributed by atoms with Crippen molar-refractivity contribution in [3.63, 3.8) is 0 Å². The van der Waals surface area contributed by atoms with Crippen LogP contribution in [-0.2, 0) is 13.0 Å². The van der Waals surface area contributed by atoms with E-state index in [0.717, 1.165) is 28.8 Å². The van der Waals surface area contributed by atoms with Crippen LogP contribution < -0.4 is 11.3 Å². The Balaban J connectivity index is 1.90. The Morgan fingerprint density at radius 3 is 3.00 bits per heavy atom. The first-order chi connectivity index (χ1) is 10.3. The second-order valence-corrected chi connectivity index (χ2v) is 4.87. The standard InChI is InChI=1S/C15H18N6/c1-2-21-15(18-10-19-21)9-14(20-16)12-5-6-13-11(8-12)4-3-7-17-13/h3-8,10,14,20H,2,9,16H2,1H3. The number of aryl methyl sites for hydroxylation is 1. The zero-order valence-corrected chi connectivity index (χ0v) is 11.9. The number of fused-ring (bicyclic) bond motifs is 1. The van der Waals surface area contributed by atoms with Gasteiger partial charge in [-0.25, -0.2) is 4.98 Å². The maximum atomic E-state index is 5.73. The van der Waals surface area contributed by atoms with E-state index in [4.69, 9.17) is 5.84 Å². The minimum absolute atomic E-state index is 0.0101. The summed E-state index contributed by atoms with van der Waals surface area (Å²) in [7, 11) is 0. The molecule has 6 heteroatoms. The summed E-state index contributed by atoms with van der Waals surface area (Å²) in [5.74, 6) is 6.66. The molecule has 2 aromatic heterocycles. The third-order valence-corrected chi connectivity index (χ3v) is 3.61. The lowest BCUT2D eigenvalue weighted by Crippen LogP contribution is -2.30. The molecule has 1 atom stereocenters. The molecule has 0 radical (unpaired) electrons. The van der Waals surface area contributed by atoms with Crippen molar-refractivity contribution >= 4 is 10.9 Å². The smallest absolute Gasteiger partial charge is 0.138 e. The Hall–Kier alpha value is -2.31. The van der Waals surface area contributed by atoms with E-state index < -0.39 is 0 Å². The number of nitrogens with zero attached hydrogens (tertiary/aromatic N) is 4. The molecule has 3 aromatic rings. The molecule has 0 spiro atoms. The van der Waals surface area contributed by atoms with Crippen LogP contribution in [0.15, 0.2) is 42.9 Å². The van der Waals surface area contributed by atoms with Crippen LogP contribution in [0.2, 0.25) is 0 Å². The quantitative estimate of drug-likeness (QED) is 0.548. The maximum Gasteiger partial charge on any atom is 0.138 e. The fraction of sp³-hybridized carbons (Fsp3) is 0.267. The first-order valence-electron chi connectivity index (χ1n) is 6.99. The Labute approximate surface area is 123 Å². The summed E-state index contributed by atoms with van der Waals surface area (Å²) in [5.41, 5.74) is 4.97. The number of nitrogens with one attached hydrogen (secondary N) is 1. The molecule has 1 aromatic carbocycles. The van der Waals surface area contributed by atoms with E-state index >= 15 is 0 Å². The highest BCUT2D eigenvalue weighted by atomic mass is 15.3. The summed E-state index contributed by atoms with van der Waals surface area (Å²) in [6, 6.07) is 10.1. The Kier molecular flexibility index (Phi) is 3.89. The van der Waals surface area contributed by atoms with Gasteiger partial charge in [-0.2, -0.15) is 5.10 Å². The summed E-state index contributed by atoms with van der Waals surface area (Å²) in [5, 5.41) is 5.30. The van der Waals surface area contributed by atoms with E-state index in [0.29, 0.717) is 6.42 Å². The summed E-state index contributed by atoms with van der Waals surface area (Å²) < 4.78 is 1.88. The third kappa shape index (κ3) is 2.76. The first kappa shape index (κ1) is 13.7. The van der Waals surface area contributed by atoms with E-state index in [2.05, 4.69) is 26.6 Å². The van der Waals surface area contributed by atoms with Crippen molar-refractivity contribution in [2.75, 3.05) is 0 Å². The van der Waals surface area contributed by atoms with Crippen molar-refractivity contribution in [1.82, 2.24) is 25.2 Å². The fourth-order valence-corrected chi connectivity index (χ4v) is 2.48. The summed E-state index contributed by atoms with van der Waals surface area (Å²) in [4.78, 5) is 8.64. The van der Waals surface area contributed by atoms with Crippen molar-refractivity contribution in [2.45, 2.75) is 25.9 Å². The largest absolute Gasteiger partial charge is 0.271 e. The van der Waals surface area contributed by atoms with Crippen molar-refractivity contribution in [3.8, 4) is 0 Å². The van der Waals surface area contributed by atoms with E-state index in [1.165, 1.54) is 0 Å². The highest BCUT2D eigenvalue weighted by Crippen LogP contribution is 2.21. The molecule has 6 nitrogen and oxygen atoms in total. The van der Waals surface area contributed by atoms with Crippen molar-refractivity contribution in [2.24, 2.45) is 5.84 Å². The lowest BCUT2D eigenvalue weighted by atomic mass is 10.0. The van der Waals surface area contributed by atoms with Crippen LogP contribution in [0.4, 0.5) is 0 Å². The molecule has 3 N–H and O–H groups in total. The molecule has 0 aliphatic rings. The minimum atomic E-state index is -0.0101. The van der Waals surface area contributed by atoms with Gasteiger partial charge in [0.05, 0.1) is 11.6 Å². The summed E-state index contributed by atoms with van der Waals surface area (Å²) in [6.07, 6.45) is 4.07. The van der Waals surface area contributed by atoms with E-state index in [1.54, 1.807) is 12.5 Å². The molecule has 0 bridgehead atoms. The van der Waals surface area contributed by atoms with Crippen molar-refractivity contribution in [3.05, 3.63) is 54.2 Å². The van der Waals surface area contributed by atoms with Gasteiger partial charge >= 0.3 is 0 Å². The van der Waals surface area contributed by atoms with Gasteiger partial charge in [-0.15, -0.1) is 0 Å². The number of hydrogen-bond acceptors (Lipinski definition) is 5. The Bertz CT molecular complexity index is 736. The number of benzene rings is 1. The van der Waals surface area contributed by atoms with Crippen molar-refractivity contribution in [1.29, 1.82) is 0 Å². The normalized spacial score (nSPS) is 12.7. The first-order valence-corrected chi connectivity index (χ1v) is 6.99. The number of hydrogen-bond donors (Lipinski definition) is 2. The second kappa shape index (κ2) is 5.99. The van der Waals surface area contributed by atoms with Crippen LogP contribution in [-0.4, -0.2) is 19.7 Å². The van der Waals surface area contributed by atoms with Crippen LogP contribution in [0.3, 0.4) is 0 Å². The molecule has 0 amide bonds. The fourth-order valence-electron chi connectivity index (χ4n) is 2.48. The number of hydrazine groups is 1. The van der Waals surface area contributed by atoms with Gasteiger partial charge in [0.25, 0.3) is 0 Å². The predicted molar refractivity (Wildman–Crippen MR) is 81.2 cm³/mol. The van der Waals surface area contributed by atoms with E-state index in [-0.39, 0.29) is 6.04 Å².